The zero-order chi connectivity index (χ0) is 33.7. The molecule has 48 heavy (non-hydrogen) atoms. The van der Waals surface area contributed by atoms with E-state index in [1.54, 1.807) is 11.0 Å². The SMILES string of the molecule is CCC(C1=C(O)CC(CCc2ccccc2)(CCc2ccccc2)OC1=O)c1ccccc1N1c2ccccc2C=CC1S(=O)(=O)NC. The van der Waals surface area contributed by atoms with E-state index in [1.807, 2.05) is 97.9 Å². The van der Waals surface area contributed by atoms with Gasteiger partial charge in [-0.15, -0.1) is 0 Å². The van der Waals surface area contributed by atoms with Crippen LogP contribution in [0.15, 0.2) is 127 Å². The van der Waals surface area contributed by atoms with Gasteiger partial charge in [-0.2, -0.15) is 0 Å². The smallest absolute Gasteiger partial charge is 0.338 e. The molecule has 2 heterocycles. The number of esters is 1. The number of nitrogens with one attached hydrogen (secondary N) is 1. The van der Waals surface area contributed by atoms with Crippen molar-refractivity contribution < 1.29 is 23.1 Å². The highest BCUT2D eigenvalue weighted by atomic mass is 32.2. The minimum absolute atomic E-state index is 0.0346. The van der Waals surface area contributed by atoms with Crippen LogP contribution in [-0.4, -0.2) is 37.5 Å². The van der Waals surface area contributed by atoms with Gasteiger partial charge in [-0.25, -0.2) is 17.9 Å². The van der Waals surface area contributed by atoms with Crippen molar-refractivity contribution in [1.29, 1.82) is 0 Å². The molecule has 0 saturated heterocycles. The van der Waals surface area contributed by atoms with Gasteiger partial charge in [-0.05, 0) is 79.6 Å². The molecule has 2 atom stereocenters. The lowest BCUT2D eigenvalue weighted by atomic mass is 9.79. The predicted molar refractivity (Wildman–Crippen MR) is 191 cm³/mol. The Hall–Kier alpha value is -4.66. The summed E-state index contributed by atoms with van der Waals surface area (Å²) in [5, 5.41) is 10.8. The van der Waals surface area contributed by atoms with Crippen LogP contribution in [0.4, 0.5) is 11.4 Å². The molecule has 4 aromatic rings. The second kappa shape index (κ2) is 14.2. The number of carbonyl (C=O) groups excluding carboxylic acids is 1. The highest BCUT2D eigenvalue weighted by Gasteiger charge is 2.44. The molecule has 248 valence electrons. The number of rotatable bonds is 12. The molecule has 7 nitrogen and oxygen atoms in total. The standard InChI is InChI=1S/C40H42N2O5S/c1-3-32(33-19-11-13-21-35(33)42-34-20-12-10-18-31(34)22-23-37(42)48(45,46)41-2)38-36(43)28-40(47-39(38)44,26-24-29-14-6-4-7-15-29)27-25-30-16-8-5-9-17-30/h4-23,32,37,41,43H,3,24-28H2,1-2H3. The van der Waals surface area contributed by atoms with Gasteiger partial charge in [0.15, 0.2) is 5.37 Å². The Kier molecular flexibility index (Phi) is 9.85. The van der Waals surface area contributed by atoms with Crippen molar-refractivity contribution in [2.75, 3.05) is 11.9 Å². The number of aliphatic hydroxyl groups is 1. The first-order valence-electron chi connectivity index (χ1n) is 16.6. The summed E-state index contributed by atoms with van der Waals surface area (Å²) in [5.74, 6) is -1.03. The number of fused-ring (bicyclic) bond motifs is 1. The molecule has 8 heteroatoms. The summed E-state index contributed by atoms with van der Waals surface area (Å²) in [5.41, 5.74) is 4.63. The Labute approximate surface area is 283 Å². The predicted octanol–water partition coefficient (Wildman–Crippen LogP) is 7.98. The summed E-state index contributed by atoms with van der Waals surface area (Å²) in [4.78, 5) is 16.0. The molecular weight excluding hydrogens is 621 g/mol. The van der Waals surface area contributed by atoms with Gasteiger partial charge in [-0.3, -0.25) is 0 Å². The van der Waals surface area contributed by atoms with Crippen LogP contribution < -0.4 is 9.62 Å². The molecule has 2 N–H and O–H groups in total. The maximum absolute atomic E-state index is 14.2. The number of hydrogen-bond acceptors (Lipinski definition) is 6. The van der Waals surface area contributed by atoms with Crippen molar-refractivity contribution in [1.82, 2.24) is 4.72 Å². The van der Waals surface area contributed by atoms with E-state index in [-0.39, 0.29) is 17.8 Å². The molecule has 0 bridgehead atoms. The number of carbonyl (C=O) groups is 1. The summed E-state index contributed by atoms with van der Waals surface area (Å²) in [6.07, 6.45) is 6.73. The molecule has 2 aliphatic rings. The van der Waals surface area contributed by atoms with E-state index in [4.69, 9.17) is 4.74 Å². The number of aliphatic hydroxyl groups excluding tert-OH is 1. The number of ether oxygens (including phenoxy) is 1. The van der Waals surface area contributed by atoms with Crippen LogP contribution >= 0.6 is 0 Å². The number of nitrogens with zero attached hydrogens (tertiary/aromatic N) is 1. The van der Waals surface area contributed by atoms with E-state index in [9.17, 15) is 18.3 Å². The van der Waals surface area contributed by atoms with E-state index in [2.05, 4.69) is 29.0 Å². The Morgan fingerprint density at radius 3 is 2.00 bits per heavy atom. The van der Waals surface area contributed by atoms with Gasteiger partial charge in [0.25, 0.3) is 0 Å². The van der Waals surface area contributed by atoms with Crippen LogP contribution in [0.25, 0.3) is 6.08 Å². The fourth-order valence-corrected chi connectivity index (χ4v) is 8.09. The normalized spacial score (nSPS) is 17.9. The Morgan fingerprint density at radius 2 is 1.42 bits per heavy atom. The van der Waals surface area contributed by atoms with Crippen LogP contribution in [0, 0.1) is 0 Å². The van der Waals surface area contributed by atoms with Crippen molar-refractivity contribution in [3.05, 3.63) is 149 Å². The van der Waals surface area contributed by atoms with Gasteiger partial charge < -0.3 is 14.7 Å². The first-order valence-corrected chi connectivity index (χ1v) is 18.1. The molecule has 0 saturated carbocycles. The molecule has 0 amide bonds. The molecule has 0 spiro atoms. The van der Waals surface area contributed by atoms with E-state index in [0.717, 1.165) is 27.9 Å². The minimum atomic E-state index is -3.79. The second-order valence-corrected chi connectivity index (χ2v) is 14.5. The maximum Gasteiger partial charge on any atom is 0.338 e. The lowest BCUT2D eigenvalue weighted by Gasteiger charge is -2.40. The maximum atomic E-state index is 14.2. The summed E-state index contributed by atoms with van der Waals surface area (Å²) in [6, 6.07) is 35.4. The van der Waals surface area contributed by atoms with Crippen LogP contribution in [0.5, 0.6) is 0 Å². The van der Waals surface area contributed by atoms with Gasteiger partial charge in [0.1, 0.15) is 11.4 Å². The molecule has 0 aromatic heterocycles. The van der Waals surface area contributed by atoms with Crippen molar-refractivity contribution in [2.45, 2.75) is 62.3 Å². The summed E-state index contributed by atoms with van der Waals surface area (Å²) < 4.78 is 35.7. The van der Waals surface area contributed by atoms with Crippen molar-refractivity contribution in [3.63, 3.8) is 0 Å². The number of anilines is 2. The fourth-order valence-electron chi connectivity index (χ4n) is 7.05. The van der Waals surface area contributed by atoms with Crippen molar-refractivity contribution >= 4 is 33.4 Å². The number of sulfonamides is 1. The third-order valence-electron chi connectivity index (χ3n) is 9.58. The number of hydrogen-bond donors (Lipinski definition) is 2. The number of para-hydroxylation sites is 2. The Bertz CT molecular complexity index is 1880. The number of cyclic esters (lactones) is 1. The van der Waals surface area contributed by atoms with Gasteiger partial charge >= 0.3 is 5.97 Å². The van der Waals surface area contributed by atoms with Crippen LogP contribution in [0.2, 0.25) is 0 Å². The average Bonchev–Trinajstić information content (AvgIpc) is 3.12. The quantitative estimate of drug-likeness (QED) is 0.149. The first-order chi connectivity index (χ1) is 23.2. The van der Waals surface area contributed by atoms with E-state index in [1.165, 1.54) is 7.05 Å². The van der Waals surface area contributed by atoms with E-state index in [0.29, 0.717) is 37.8 Å². The van der Waals surface area contributed by atoms with Crippen molar-refractivity contribution in [3.8, 4) is 0 Å². The zero-order valence-electron chi connectivity index (χ0n) is 27.4. The van der Waals surface area contributed by atoms with E-state index >= 15 is 0 Å². The first kappa shape index (κ1) is 33.2. The number of benzene rings is 4. The molecule has 2 aliphatic heterocycles. The highest BCUT2D eigenvalue weighted by molar-refractivity contribution is 7.90. The second-order valence-electron chi connectivity index (χ2n) is 12.5. The topological polar surface area (TPSA) is 95.9 Å². The molecule has 6 rings (SSSR count). The molecule has 0 fully saturated rings. The Balaban J connectivity index is 1.39. The Morgan fingerprint density at radius 1 is 0.854 bits per heavy atom. The summed E-state index contributed by atoms with van der Waals surface area (Å²) in [6.45, 7) is 1.97. The van der Waals surface area contributed by atoms with E-state index < -0.39 is 32.9 Å². The molecule has 0 radical (unpaired) electrons. The monoisotopic (exact) mass is 662 g/mol. The minimum Gasteiger partial charge on any atom is -0.512 e. The fraction of sp³-hybridized carbons (Fsp3) is 0.275. The van der Waals surface area contributed by atoms with Gasteiger partial charge in [-0.1, -0.05) is 110 Å². The van der Waals surface area contributed by atoms with Gasteiger partial charge in [0, 0.05) is 23.7 Å². The van der Waals surface area contributed by atoms with Crippen LogP contribution in [-0.2, 0) is 32.4 Å². The molecular formula is C40H42N2O5S. The lowest BCUT2D eigenvalue weighted by molar-refractivity contribution is -0.161. The largest absolute Gasteiger partial charge is 0.512 e. The molecule has 4 aromatic carbocycles. The van der Waals surface area contributed by atoms with Crippen LogP contribution in [0.1, 0.15) is 60.8 Å². The summed E-state index contributed by atoms with van der Waals surface area (Å²) >= 11 is 0. The zero-order valence-corrected chi connectivity index (χ0v) is 28.2. The molecule has 2 unspecified atom stereocenters. The average molecular weight is 663 g/mol. The summed E-state index contributed by atoms with van der Waals surface area (Å²) in [7, 11) is -2.39. The van der Waals surface area contributed by atoms with Gasteiger partial charge in [0.2, 0.25) is 10.0 Å². The van der Waals surface area contributed by atoms with Crippen molar-refractivity contribution in [2.24, 2.45) is 0 Å². The highest BCUT2D eigenvalue weighted by Crippen LogP contribution is 2.46. The number of aryl methyl sites for hydroxylation is 2. The van der Waals surface area contributed by atoms with Gasteiger partial charge in [0.05, 0.1) is 5.57 Å². The third kappa shape index (κ3) is 6.82. The third-order valence-corrected chi connectivity index (χ3v) is 11.1. The van der Waals surface area contributed by atoms with Crippen LogP contribution in [0.3, 0.4) is 0 Å². The lowest BCUT2D eigenvalue weighted by Crippen LogP contribution is -2.44. The molecule has 0 aliphatic carbocycles.